The lowest BCUT2D eigenvalue weighted by Crippen LogP contribution is -2.31. The molecule has 9 nitrogen and oxygen atoms in total. The van der Waals surface area contributed by atoms with Gasteiger partial charge < -0.3 is 9.29 Å². The van der Waals surface area contributed by atoms with Gasteiger partial charge in [0, 0.05) is 17.2 Å². The maximum absolute atomic E-state index is 11.2. The van der Waals surface area contributed by atoms with E-state index in [2.05, 4.69) is 20.3 Å². The van der Waals surface area contributed by atoms with E-state index in [-0.39, 0.29) is 17.9 Å². The first-order chi connectivity index (χ1) is 8.58. The molecule has 1 fully saturated rings. The molecule has 1 aliphatic rings. The third kappa shape index (κ3) is 3.34. The lowest BCUT2D eigenvalue weighted by Gasteiger charge is -2.09. The summed E-state index contributed by atoms with van der Waals surface area (Å²) in [4.78, 5) is 23.0. The van der Waals surface area contributed by atoms with E-state index < -0.39 is 17.3 Å². The summed E-state index contributed by atoms with van der Waals surface area (Å²) in [5.41, 5.74) is 0. The van der Waals surface area contributed by atoms with Crippen molar-refractivity contribution in [1.29, 1.82) is 0 Å². The standard InChI is InChI=1S/C8H11N5O4S/c1-17-8-10-5(4-2-3-4)9-6(12-8)11-7(14)13-18(15)16/h4H,2-3H2,1H3,(H,15,16)(H2,9,10,11,12,13,14)/p-1. The minimum absolute atomic E-state index is 0.0494. The van der Waals surface area contributed by atoms with Crippen LogP contribution in [0.3, 0.4) is 0 Å². The average Bonchev–Trinajstić information content (AvgIpc) is 3.10. The van der Waals surface area contributed by atoms with Gasteiger partial charge in [-0.1, -0.05) is 0 Å². The second-order valence-electron chi connectivity index (χ2n) is 3.57. The molecule has 0 radical (unpaired) electrons. The highest BCUT2D eigenvalue weighted by atomic mass is 32.2. The normalized spacial score (nSPS) is 15.9. The van der Waals surface area contributed by atoms with E-state index in [4.69, 9.17) is 4.74 Å². The molecule has 1 atom stereocenters. The monoisotopic (exact) mass is 272 g/mol. The van der Waals surface area contributed by atoms with Gasteiger partial charge in [0.15, 0.2) is 0 Å². The molecular formula is C8H10N5O4S-. The second kappa shape index (κ2) is 5.23. The van der Waals surface area contributed by atoms with Crippen LogP contribution in [0.2, 0.25) is 0 Å². The summed E-state index contributed by atoms with van der Waals surface area (Å²) in [6, 6.07) is -0.872. The second-order valence-corrected chi connectivity index (χ2v) is 4.24. The molecule has 0 spiro atoms. The first kappa shape index (κ1) is 12.6. The Morgan fingerprint density at radius 2 is 2.17 bits per heavy atom. The van der Waals surface area contributed by atoms with Crippen molar-refractivity contribution in [2.75, 3.05) is 12.4 Å². The van der Waals surface area contributed by atoms with Crippen molar-refractivity contribution in [2.45, 2.75) is 18.8 Å². The number of nitrogens with one attached hydrogen (secondary N) is 2. The number of amides is 2. The summed E-state index contributed by atoms with van der Waals surface area (Å²) in [6.07, 6.45) is 1.95. The van der Waals surface area contributed by atoms with Crippen LogP contribution in [0.4, 0.5) is 10.7 Å². The molecular weight excluding hydrogens is 262 g/mol. The number of rotatable bonds is 4. The number of hydrogen-bond donors (Lipinski definition) is 2. The van der Waals surface area contributed by atoms with Gasteiger partial charge in [0.2, 0.25) is 5.95 Å². The molecule has 98 valence electrons. The van der Waals surface area contributed by atoms with Gasteiger partial charge in [-0.15, -0.1) is 0 Å². The number of hydrogen-bond acceptors (Lipinski definition) is 7. The van der Waals surface area contributed by atoms with Crippen molar-refractivity contribution in [3.8, 4) is 6.01 Å². The lowest BCUT2D eigenvalue weighted by atomic mass is 10.4. The predicted molar refractivity (Wildman–Crippen MR) is 59.4 cm³/mol. The summed E-state index contributed by atoms with van der Waals surface area (Å²) < 4.78 is 27.0. The smallest absolute Gasteiger partial charge is 0.332 e. The molecule has 0 aliphatic heterocycles. The minimum atomic E-state index is -2.69. The maximum Gasteiger partial charge on any atom is 0.332 e. The Labute approximate surface area is 105 Å². The van der Waals surface area contributed by atoms with Crippen LogP contribution >= 0.6 is 0 Å². The van der Waals surface area contributed by atoms with E-state index in [0.29, 0.717) is 5.82 Å². The number of carbonyl (C=O) groups is 1. The molecule has 2 N–H and O–H groups in total. The van der Waals surface area contributed by atoms with Gasteiger partial charge in [0.05, 0.1) is 7.11 Å². The van der Waals surface area contributed by atoms with Crippen LogP contribution in [0.25, 0.3) is 0 Å². The molecule has 1 unspecified atom stereocenters. The number of nitrogens with zero attached hydrogens (tertiary/aromatic N) is 3. The Bertz CT molecular complexity index is 492. The molecule has 1 heterocycles. The van der Waals surface area contributed by atoms with E-state index in [0.717, 1.165) is 12.8 Å². The van der Waals surface area contributed by atoms with Gasteiger partial charge in [-0.3, -0.25) is 14.2 Å². The Morgan fingerprint density at radius 3 is 2.72 bits per heavy atom. The number of methoxy groups -OCH3 is 1. The van der Waals surface area contributed by atoms with Crippen molar-refractivity contribution in [3.63, 3.8) is 0 Å². The Hall–Kier alpha value is -1.81. The van der Waals surface area contributed by atoms with Crippen LogP contribution in [-0.2, 0) is 11.3 Å². The quantitative estimate of drug-likeness (QED) is 0.718. The van der Waals surface area contributed by atoms with Crippen molar-refractivity contribution in [3.05, 3.63) is 5.82 Å². The highest BCUT2D eigenvalue weighted by Gasteiger charge is 2.28. The van der Waals surface area contributed by atoms with Crippen LogP contribution < -0.4 is 14.8 Å². The summed E-state index contributed by atoms with van der Waals surface area (Å²) in [5, 5.41) is 2.19. The number of carbonyl (C=O) groups excluding carboxylic acids is 1. The van der Waals surface area contributed by atoms with Gasteiger partial charge in [0.1, 0.15) is 5.82 Å². The zero-order valence-electron chi connectivity index (χ0n) is 9.37. The molecule has 2 amide bonds. The third-order valence-electron chi connectivity index (χ3n) is 2.16. The minimum Gasteiger partial charge on any atom is -0.755 e. The van der Waals surface area contributed by atoms with Crippen molar-refractivity contribution < 1.29 is 18.3 Å². The summed E-state index contributed by atoms with van der Waals surface area (Å²) in [6.45, 7) is 0. The Morgan fingerprint density at radius 1 is 1.44 bits per heavy atom. The molecule has 0 aromatic carbocycles. The molecule has 1 aromatic heterocycles. The number of urea groups is 1. The van der Waals surface area contributed by atoms with E-state index in [9.17, 15) is 13.6 Å². The van der Waals surface area contributed by atoms with E-state index in [1.807, 2.05) is 0 Å². The fourth-order valence-corrected chi connectivity index (χ4v) is 1.45. The number of ether oxygens (including phenoxy) is 1. The largest absolute Gasteiger partial charge is 0.755 e. The summed E-state index contributed by atoms with van der Waals surface area (Å²) in [7, 11) is 1.39. The average molecular weight is 272 g/mol. The zero-order valence-corrected chi connectivity index (χ0v) is 10.2. The molecule has 2 rings (SSSR count). The van der Waals surface area contributed by atoms with Gasteiger partial charge in [-0.2, -0.15) is 15.0 Å². The van der Waals surface area contributed by atoms with Crippen molar-refractivity contribution in [2.24, 2.45) is 0 Å². The third-order valence-corrected chi connectivity index (χ3v) is 2.51. The van der Waals surface area contributed by atoms with Crippen LogP contribution in [0.1, 0.15) is 24.6 Å². The fraction of sp³-hybridized carbons (Fsp3) is 0.500. The van der Waals surface area contributed by atoms with Gasteiger partial charge in [-0.25, -0.2) is 4.79 Å². The van der Waals surface area contributed by atoms with Gasteiger partial charge >= 0.3 is 12.0 Å². The topological polar surface area (TPSA) is 129 Å². The molecule has 0 bridgehead atoms. The first-order valence-electron chi connectivity index (χ1n) is 5.05. The maximum atomic E-state index is 11.2. The molecule has 18 heavy (non-hydrogen) atoms. The summed E-state index contributed by atoms with van der Waals surface area (Å²) >= 11 is -2.69. The molecule has 1 aliphatic carbocycles. The van der Waals surface area contributed by atoms with Crippen LogP contribution in [0.15, 0.2) is 0 Å². The predicted octanol–water partition coefficient (Wildman–Crippen LogP) is -0.327. The molecule has 1 saturated carbocycles. The molecule has 1 aromatic rings. The Balaban J connectivity index is 2.13. The number of anilines is 1. The molecule has 0 saturated heterocycles. The van der Waals surface area contributed by atoms with Gasteiger partial charge in [0.25, 0.3) is 0 Å². The zero-order chi connectivity index (χ0) is 13.1. The SMILES string of the molecule is COc1nc(NC(=O)NS(=O)[O-])nc(C2CC2)n1. The first-order valence-corrected chi connectivity index (χ1v) is 6.13. The van der Waals surface area contributed by atoms with E-state index in [1.165, 1.54) is 7.11 Å². The van der Waals surface area contributed by atoms with Crippen molar-refractivity contribution >= 4 is 23.2 Å². The van der Waals surface area contributed by atoms with E-state index in [1.54, 1.807) is 4.72 Å². The Kier molecular flexibility index (Phi) is 3.67. The van der Waals surface area contributed by atoms with Crippen LogP contribution in [-0.4, -0.2) is 36.9 Å². The molecule has 10 heteroatoms. The highest BCUT2D eigenvalue weighted by Crippen LogP contribution is 2.38. The fourth-order valence-electron chi connectivity index (χ4n) is 1.25. The lowest BCUT2D eigenvalue weighted by molar-refractivity contribution is 0.256. The van der Waals surface area contributed by atoms with Crippen LogP contribution in [0.5, 0.6) is 6.01 Å². The van der Waals surface area contributed by atoms with E-state index >= 15 is 0 Å². The van der Waals surface area contributed by atoms with Gasteiger partial charge in [-0.05, 0) is 12.8 Å². The summed E-state index contributed by atoms with van der Waals surface area (Å²) in [5.74, 6) is 0.728. The van der Waals surface area contributed by atoms with Crippen molar-refractivity contribution in [1.82, 2.24) is 19.7 Å². The number of aromatic nitrogens is 3. The van der Waals surface area contributed by atoms with Crippen LogP contribution in [0, 0.1) is 0 Å². The highest BCUT2D eigenvalue weighted by molar-refractivity contribution is 7.77.